The second-order valence-corrected chi connectivity index (χ2v) is 10.8. The van der Waals surface area contributed by atoms with E-state index < -0.39 is 17.8 Å². The molecule has 0 radical (unpaired) electrons. The molecule has 1 aliphatic heterocycles. The molecule has 0 amide bonds. The number of fused-ring (bicyclic) bond motifs is 1. The number of amidine groups is 1. The highest BCUT2D eigenvalue weighted by Gasteiger charge is 2.36. The quantitative estimate of drug-likeness (QED) is 0.269. The van der Waals surface area contributed by atoms with Crippen LogP contribution in [0, 0.1) is 11.6 Å². The maximum Gasteiger partial charge on any atom is 0.305 e. The van der Waals surface area contributed by atoms with E-state index in [0.29, 0.717) is 28.4 Å². The highest BCUT2D eigenvalue weighted by Crippen LogP contribution is 2.46. The zero-order valence-corrected chi connectivity index (χ0v) is 22.8. The Labute approximate surface area is 232 Å². The summed E-state index contributed by atoms with van der Waals surface area (Å²) >= 11 is 0. The zero-order valence-electron chi connectivity index (χ0n) is 22.8. The first kappa shape index (κ1) is 27.1. The standard InChI is InChI=1S/C33H30F2N2O3/c1-33(2,3)23-14-17-29(40-4)28(18-23)37-27(19-30(38)39)25-6-5-7-26(35)31(25)36-32(37)22-10-8-20(9-11-22)21-12-15-24(34)16-13-21/h5-18,27H,19H2,1-4H3,(H,38,39). The van der Waals surface area contributed by atoms with E-state index in [1.807, 2.05) is 47.4 Å². The lowest BCUT2D eigenvalue weighted by Gasteiger charge is -2.39. The molecule has 0 saturated heterocycles. The van der Waals surface area contributed by atoms with E-state index in [9.17, 15) is 14.3 Å². The zero-order chi connectivity index (χ0) is 28.6. The number of aliphatic carboxylic acids is 1. The first-order chi connectivity index (χ1) is 19.1. The molecule has 5 nitrogen and oxygen atoms in total. The highest BCUT2D eigenvalue weighted by molar-refractivity contribution is 6.14. The Kier molecular flexibility index (Phi) is 7.15. The van der Waals surface area contributed by atoms with Gasteiger partial charge in [0.1, 0.15) is 28.9 Å². The summed E-state index contributed by atoms with van der Waals surface area (Å²) in [5.74, 6) is -0.922. The van der Waals surface area contributed by atoms with Gasteiger partial charge in [0.15, 0.2) is 0 Å². The van der Waals surface area contributed by atoms with Gasteiger partial charge in [0.25, 0.3) is 0 Å². The fourth-order valence-corrected chi connectivity index (χ4v) is 5.02. The number of aliphatic imine (C=N–C) groups is 1. The van der Waals surface area contributed by atoms with Crippen LogP contribution in [0.25, 0.3) is 11.1 Å². The first-order valence-corrected chi connectivity index (χ1v) is 13.0. The van der Waals surface area contributed by atoms with Crippen molar-refractivity contribution in [1.82, 2.24) is 0 Å². The molecule has 5 rings (SSSR count). The van der Waals surface area contributed by atoms with E-state index in [-0.39, 0.29) is 23.3 Å². The van der Waals surface area contributed by atoms with E-state index in [1.54, 1.807) is 31.4 Å². The lowest BCUT2D eigenvalue weighted by Crippen LogP contribution is -2.39. The van der Waals surface area contributed by atoms with Crippen LogP contribution in [0.1, 0.15) is 49.9 Å². The Bertz CT molecular complexity index is 1590. The van der Waals surface area contributed by atoms with Gasteiger partial charge in [-0.15, -0.1) is 0 Å². The minimum absolute atomic E-state index is 0.119. The van der Waals surface area contributed by atoms with Crippen molar-refractivity contribution in [2.45, 2.75) is 38.6 Å². The smallest absolute Gasteiger partial charge is 0.305 e. The number of rotatable bonds is 6. The Morgan fingerprint density at radius 2 is 1.55 bits per heavy atom. The molecule has 1 atom stereocenters. The summed E-state index contributed by atoms with van der Waals surface area (Å²) in [5, 5.41) is 9.96. The van der Waals surface area contributed by atoms with Crippen molar-refractivity contribution >= 4 is 23.2 Å². The lowest BCUT2D eigenvalue weighted by atomic mass is 9.86. The summed E-state index contributed by atoms with van der Waals surface area (Å²) < 4.78 is 34.4. The van der Waals surface area contributed by atoms with Gasteiger partial charge in [-0.1, -0.05) is 75.4 Å². The maximum absolute atomic E-state index is 15.2. The number of halogens is 2. The maximum atomic E-state index is 15.2. The van der Waals surface area contributed by atoms with Gasteiger partial charge >= 0.3 is 5.97 Å². The molecule has 0 bridgehead atoms. The average molecular weight is 541 g/mol. The third-order valence-electron chi connectivity index (χ3n) is 7.13. The molecule has 1 N–H and O–H groups in total. The Morgan fingerprint density at radius 1 is 0.925 bits per heavy atom. The van der Waals surface area contributed by atoms with Crippen LogP contribution in [0.4, 0.5) is 20.2 Å². The Balaban J connectivity index is 1.73. The summed E-state index contributed by atoms with van der Waals surface area (Å²) in [4.78, 5) is 18.8. The van der Waals surface area contributed by atoms with Crippen molar-refractivity contribution in [2.75, 3.05) is 12.0 Å². The summed E-state index contributed by atoms with van der Waals surface area (Å²) in [7, 11) is 1.56. The summed E-state index contributed by atoms with van der Waals surface area (Å²) in [5.41, 5.74) is 4.44. The number of anilines is 1. The fourth-order valence-electron chi connectivity index (χ4n) is 5.02. The van der Waals surface area contributed by atoms with E-state index in [4.69, 9.17) is 9.73 Å². The molecular formula is C33H30F2N2O3. The van der Waals surface area contributed by atoms with Gasteiger partial charge in [0.05, 0.1) is 25.3 Å². The molecule has 1 unspecified atom stereocenters. The van der Waals surface area contributed by atoms with Crippen LogP contribution in [-0.2, 0) is 10.2 Å². The highest BCUT2D eigenvalue weighted by atomic mass is 19.1. The molecule has 40 heavy (non-hydrogen) atoms. The third-order valence-corrected chi connectivity index (χ3v) is 7.13. The third kappa shape index (κ3) is 5.19. The van der Waals surface area contributed by atoms with E-state index in [2.05, 4.69) is 20.8 Å². The molecule has 0 fully saturated rings. The van der Waals surface area contributed by atoms with Gasteiger partial charge in [0, 0.05) is 11.1 Å². The Hall–Kier alpha value is -4.52. The summed E-state index contributed by atoms with van der Waals surface area (Å²) in [6, 6.07) is 23.4. The molecule has 0 aliphatic carbocycles. The van der Waals surface area contributed by atoms with Crippen LogP contribution >= 0.6 is 0 Å². The number of ether oxygens (including phenoxy) is 1. The van der Waals surface area contributed by atoms with Gasteiger partial charge in [-0.05, 0) is 52.4 Å². The summed E-state index contributed by atoms with van der Waals surface area (Å²) in [6.07, 6.45) is -0.286. The topological polar surface area (TPSA) is 62.1 Å². The van der Waals surface area contributed by atoms with Crippen LogP contribution in [-0.4, -0.2) is 24.0 Å². The normalized spacial score (nSPS) is 14.9. The predicted octanol–water partition coefficient (Wildman–Crippen LogP) is 8.05. The van der Waals surface area contributed by atoms with Gasteiger partial charge in [-0.3, -0.25) is 4.79 Å². The second-order valence-electron chi connectivity index (χ2n) is 10.8. The van der Waals surface area contributed by atoms with Gasteiger partial charge in [0.2, 0.25) is 0 Å². The Morgan fingerprint density at radius 3 is 2.15 bits per heavy atom. The number of carboxylic acids is 1. The number of benzene rings is 4. The number of carboxylic acid groups (broad SMARTS) is 1. The van der Waals surface area contributed by atoms with Gasteiger partial charge in [-0.2, -0.15) is 0 Å². The molecule has 0 saturated carbocycles. The van der Waals surface area contributed by atoms with E-state index >= 15 is 4.39 Å². The summed E-state index contributed by atoms with van der Waals surface area (Å²) in [6.45, 7) is 6.28. The molecule has 1 aliphatic rings. The van der Waals surface area contributed by atoms with Crippen LogP contribution < -0.4 is 9.64 Å². The number of hydrogen-bond acceptors (Lipinski definition) is 4. The van der Waals surface area contributed by atoms with Crippen LogP contribution in [0.3, 0.4) is 0 Å². The second kappa shape index (κ2) is 10.6. The monoisotopic (exact) mass is 540 g/mol. The molecule has 7 heteroatoms. The number of carbonyl (C=O) groups is 1. The van der Waals surface area contributed by atoms with Crippen LogP contribution in [0.5, 0.6) is 5.75 Å². The lowest BCUT2D eigenvalue weighted by molar-refractivity contribution is -0.137. The molecule has 4 aromatic carbocycles. The largest absolute Gasteiger partial charge is 0.495 e. The number of para-hydroxylation sites is 1. The van der Waals surface area contributed by atoms with E-state index in [0.717, 1.165) is 16.7 Å². The van der Waals surface area contributed by atoms with Crippen LogP contribution in [0.15, 0.2) is 89.9 Å². The van der Waals surface area contributed by atoms with E-state index in [1.165, 1.54) is 18.2 Å². The molecule has 204 valence electrons. The predicted molar refractivity (Wildman–Crippen MR) is 154 cm³/mol. The van der Waals surface area contributed by atoms with Crippen molar-refractivity contribution in [3.8, 4) is 16.9 Å². The molecular weight excluding hydrogens is 510 g/mol. The van der Waals surface area contributed by atoms with Crippen molar-refractivity contribution < 1.29 is 23.4 Å². The van der Waals surface area contributed by atoms with Crippen molar-refractivity contribution in [3.63, 3.8) is 0 Å². The minimum atomic E-state index is -1.02. The van der Waals surface area contributed by atoms with Gasteiger partial charge < -0.3 is 14.7 Å². The minimum Gasteiger partial charge on any atom is -0.495 e. The van der Waals surface area contributed by atoms with Crippen molar-refractivity contribution in [2.24, 2.45) is 4.99 Å². The van der Waals surface area contributed by atoms with Gasteiger partial charge in [-0.25, -0.2) is 13.8 Å². The molecule has 1 heterocycles. The number of nitrogens with zero attached hydrogens (tertiary/aromatic N) is 2. The van der Waals surface area contributed by atoms with Crippen molar-refractivity contribution in [1.29, 1.82) is 0 Å². The average Bonchev–Trinajstić information content (AvgIpc) is 2.93. The van der Waals surface area contributed by atoms with Crippen LogP contribution in [0.2, 0.25) is 0 Å². The number of hydrogen-bond donors (Lipinski definition) is 1. The molecule has 0 aromatic heterocycles. The fraction of sp³-hybridized carbons (Fsp3) is 0.212. The van der Waals surface area contributed by atoms with Crippen molar-refractivity contribution in [3.05, 3.63) is 113 Å². The molecule has 0 spiro atoms. The number of methoxy groups -OCH3 is 1. The first-order valence-electron chi connectivity index (χ1n) is 13.0. The SMILES string of the molecule is COc1ccc(C(C)(C)C)cc1N1C(c2ccc(-c3ccc(F)cc3)cc2)=Nc2c(F)cccc2C1CC(=O)O. The molecule has 4 aromatic rings.